The number of hydrogen-bond donors (Lipinski definition) is 2. The van der Waals surface area contributed by atoms with E-state index in [4.69, 9.17) is 4.74 Å². The number of aromatic amines is 1. The molecule has 0 bridgehead atoms. The van der Waals surface area contributed by atoms with Crippen molar-refractivity contribution in [2.45, 2.75) is 49.2 Å². The number of ether oxygens (including phenoxy) is 1. The fourth-order valence-corrected chi connectivity index (χ4v) is 5.63. The topological polar surface area (TPSA) is 97.7 Å². The van der Waals surface area contributed by atoms with Crippen molar-refractivity contribution in [3.05, 3.63) is 65.9 Å². The average Bonchev–Trinajstić information content (AvgIpc) is 3.56. The van der Waals surface area contributed by atoms with E-state index in [-0.39, 0.29) is 17.6 Å². The number of nitrogens with one attached hydrogen (secondary N) is 2. The van der Waals surface area contributed by atoms with E-state index < -0.39 is 0 Å². The van der Waals surface area contributed by atoms with E-state index in [0.717, 1.165) is 45.8 Å². The van der Waals surface area contributed by atoms with E-state index in [9.17, 15) is 4.79 Å². The number of hydrogen-bond acceptors (Lipinski definition) is 6. The van der Waals surface area contributed by atoms with Gasteiger partial charge < -0.3 is 15.0 Å². The van der Waals surface area contributed by atoms with Crippen LogP contribution in [0.2, 0.25) is 0 Å². The Morgan fingerprint density at radius 3 is 2.77 bits per heavy atom. The molecule has 1 unspecified atom stereocenters. The highest BCUT2D eigenvalue weighted by atomic mass is 32.2. The lowest BCUT2D eigenvalue weighted by molar-refractivity contribution is -0.118. The van der Waals surface area contributed by atoms with Gasteiger partial charge in [0.15, 0.2) is 0 Å². The number of para-hydroxylation sites is 1. The van der Waals surface area contributed by atoms with E-state index in [1.807, 2.05) is 35.1 Å². The lowest BCUT2D eigenvalue weighted by Gasteiger charge is -2.22. The number of benzene rings is 2. The molecule has 9 heteroatoms. The minimum atomic E-state index is -0.0356. The quantitative estimate of drug-likeness (QED) is 0.330. The Balaban J connectivity index is 1.28. The largest absolute Gasteiger partial charge is 0.497 e. The number of amides is 1. The van der Waals surface area contributed by atoms with Crippen LogP contribution in [0.25, 0.3) is 10.9 Å². The van der Waals surface area contributed by atoms with Gasteiger partial charge in [0.1, 0.15) is 5.75 Å². The molecule has 0 saturated heterocycles. The maximum Gasteiger partial charge on any atom is 0.230 e. The van der Waals surface area contributed by atoms with Crippen LogP contribution in [0.15, 0.2) is 59.9 Å². The normalized spacial score (nSPS) is 15.2. The first-order valence-electron chi connectivity index (χ1n) is 12.1. The van der Waals surface area contributed by atoms with Gasteiger partial charge in [-0.15, -0.1) is 5.10 Å². The van der Waals surface area contributed by atoms with E-state index >= 15 is 0 Å². The van der Waals surface area contributed by atoms with Crippen LogP contribution < -0.4 is 10.1 Å². The zero-order valence-electron chi connectivity index (χ0n) is 19.8. The maximum atomic E-state index is 12.9. The molecule has 1 atom stereocenters. The van der Waals surface area contributed by atoms with Crippen LogP contribution in [0.1, 0.15) is 55.2 Å². The molecule has 8 nitrogen and oxygen atoms in total. The fourth-order valence-electron chi connectivity index (χ4n) is 4.86. The zero-order valence-corrected chi connectivity index (χ0v) is 20.6. The van der Waals surface area contributed by atoms with Gasteiger partial charge in [0, 0.05) is 29.6 Å². The van der Waals surface area contributed by atoms with Crippen LogP contribution in [-0.4, -0.2) is 50.5 Å². The summed E-state index contributed by atoms with van der Waals surface area (Å²) in [6.45, 7) is 0.487. The third kappa shape index (κ3) is 5.35. The third-order valence-electron chi connectivity index (χ3n) is 6.73. The summed E-state index contributed by atoms with van der Waals surface area (Å²) in [5.74, 6) is 1.05. The van der Waals surface area contributed by atoms with Crippen molar-refractivity contribution in [1.29, 1.82) is 0 Å². The monoisotopic (exact) mass is 490 g/mol. The molecule has 5 rings (SSSR count). The van der Waals surface area contributed by atoms with Gasteiger partial charge in [-0.1, -0.05) is 61.4 Å². The van der Waals surface area contributed by atoms with Crippen molar-refractivity contribution < 1.29 is 9.53 Å². The number of aromatic nitrogens is 5. The number of rotatable bonds is 9. The van der Waals surface area contributed by atoms with Gasteiger partial charge in [-0.05, 0) is 52.6 Å². The molecule has 1 aliphatic rings. The fraction of sp³-hybridized carbons (Fsp3) is 0.385. The third-order valence-corrected chi connectivity index (χ3v) is 7.67. The second kappa shape index (κ2) is 10.9. The molecule has 35 heavy (non-hydrogen) atoms. The number of methoxy groups -OCH3 is 1. The van der Waals surface area contributed by atoms with Crippen LogP contribution in [0.4, 0.5) is 0 Å². The van der Waals surface area contributed by atoms with Gasteiger partial charge in [-0.2, -0.15) is 0 Å². The number of tetrazole rings is 1. The summed E-state index contributed by atoms with van der Waals surface area (Å²) >= 11 is 1.40. The standard InChI is InChI=1S/C26H30N6O2S/c1-34-20-13-11-18(12-14-20)22(23-16-27-24-10-6-5-9-21(23)24)15-28-25(33)17-35-26-29-30-31-32(26)19-7-3-2-4-8-19/h5-6,9-14,16,19,22,27H,2-4,7-8,15,17H2,1H3,(H,28,33). The highest BCUT2D eigenvalue weighted by Gasteiger charge is 2.22. The molecule has 1 fully saturated rings. The number of nitrogens with zero attached hydrogens (tertiary/aromatic N) is 4. The van der Waals surface area contributed by atoms with Crippen LogP contribution >= 0.6 is 11.8 Å². The van der Waals surface area contributed by atoms with Crippen LogP contribution in [0, 0.1) is 0 Å². The van der Waals surface area contributed by atoms with Crippen molar-refractivity contribution in [2.24, 2.45) is 0 Å². The Hall–Kier alpha value is -3.33. The van der Waals surface area contributed by atoms with Gasteiger partial charge >= 0.3 is 0 Å². The first-order chi connectivity index (χ1) is 17.2. The number of carbonyl (C=O) groups excluding carboxylic acids is 1. The highest BCUT2D eigenvalue weighted by Crippen LogP contribution is 2.32. The second-order valence-electron chi connectivity index (χ2n) is 8.91. The molecule has 1 aliphatic carbocycles. The molecule has 2 aromatic heterocycles. The van der Waals surface area contributed by atoms with Crippen molar-refractivity contribution >= 4 is 28.6 Å². The first kappa shape index (κ1) is 23.4. The Morgan fingerprint density at radius 2 is 1.97 bits per heavy atom. The summed E-state index contributed by atoms with van der Waals surface area (Å²) in [4.78, 5) is 16.2. The highest BCUT2D eigenvalue weighted by molar-refractivity contribution is 7.99. The van der Waals surface area contributed by atoms with E-state index in [1.54, 1.807) is 7.11 Å². The van der Waals surface area contributed by atoms with Crippen LogP contribution in [0.3, 0.4) is 0 Å². The number of carbonyl (C=O) groups is 1. The first-order valence-corrected chi connectivity index (χ1v) is 13.1. The van der Waals surface area contributed by atoms with Crippen molar-refractivity contribution in [1.82, 2.24) is 30.5 Å². The number of fused-ring (bicyclic) bond motifs is 1. The minimum absolute atomic E-state index is 0.00133. The molecule has 182 valence electrons. The van der Waals surface area contributed by atoms with Crippen LogP contribution in [0.5, 0.6) is 5.75 Å². The molecular formula is C26H30N6O2S. The SMILES string of the molecule is COc1ccc(C(CNC(=O)CSc2nnnn2C2CCCCC2)c2c[nH]c3ccccc23)cc1. The Kier molecular flexibility index (Phi) is 7.32. The molecule has 4 aromatic rings. The van der Waals surface area contributed by atoms with Crippen molar-refractivity contribution in [2.75, 3.05) is 19.4 Å². The van der Waals surface area contributed by atoms with Gasteiger partial charge in [0.25, 0.3) is 0 Å². The maximum absolute atomic E-state index is 12.9. The van der Waals surface area contributed by atoms with Crippen LogP contribution in [-0.2, 0) is 4.79 Å². The molecule has 2 aromatic carbocycles. The average molecular weight is 491 g/mol. The smallest absolute Gasteiger partial charge is 0.230 e. The molecule has 0 spiro atoms. The summed E-state index contributed by atoms with van der Waals surface area (Å²) in [5, 5.41) is 17.2. The predicted octanol–water partition coefficient (Wildman–Crippen LogP) is 4.71. The molecular weight excluding hydrogens is 460 g/mol. The van der Waals surface area contributed by atoms with E-state index in [2.05, 4.69) is 50.1 Å². The van der Waals surface area contributed by atoms with Gasteiger partial charge in [0.2, 0.25) is 11.1 Å². The van der Waals surface area contributed by atoms with Gasteiger partial charge in [-0.25, -0.2) is 4.68 Å². The minimum Gasteiger partial charge on any atom is -0.497 e. The Labute approximate surface area is 208 Å². The zero-order chi connectivity index (χ0) is 24.0. The summed E-state index contributed by atoms with van der Waals surface area (Å²) < 4.78 is 7.24. The molecule has 1 amide bonds. The number of H-pyrrole nitrogens is 1. The summed E-state index contributed by atoms with van der Waals surface area (Å²) in [7, 11) is 1.66. The molecule has 1 saturated carbocycles. The lowest BCUT2D eigenvalue weighted by atomic mass is 9.91. The van der Waals surface area contributed by atoms with E-state index in [0.29, 0.717) is 12.6 Å². The van der Waals surface area contributed by atoms with Crippen molar-refractivity contribution in [3.8, 4) is 5.75 Å². The van der Waals surface area contributed by atoms with Crippen molar-refractivity contribution in [3.63, 3.8) is 0 Å². The molecule has 0 radical (unpaired) electrons. The summed E-state index contributed by atoms with van der Waals surface area (Å²) in [6, 6.07) is 16.6. The van der Waals surface area contributed by atoms with Gasteiger partial charge in [-0.3, -0.25) is 4.79 Å². The second-order valence-corrected chi connectivity index (χ2v) is 9.85. The van der Waals surface area contributed by atoms with Gasteiger partial charge in [0.05, 0.1) is 18.9 Å². The molecule has 2 heterocycles. The Bertz CT molecular complexity index is 1260. The van der Waals surface area contributed by atoms with E-state index in [1.165, 1.54) is 31.0 Å². The molecule has 2 N–H and O–H groups in total. The summed E-state index contributed by atoms with van der Waals surface area (Å²) in [6.07, 6.45) is 7.91. The lowest BCUT2D eigenvalue weighted by Crippen LogP contribution is -2.30. The summed E-state index contributed by atoms with van der Waals surface area (Å²) in [5.41, 5.74) is 3.35. The Morgan fingerprint density at radius 1 is 1.17 bits per heavy atom. The predicted molar refractivity (Wildman–Crippen MR) is 137 cm³/mol. The number of thioether (sulfide) groups is 1. The molecule has 0 aliphatic heterocycles.